The Morgan fingerprint density at radius 2 is 1.97 bits per heavy atom. The number of aliphatic hydroxyl groups excluding tert-OH is 1. The van der Waals surface area contributed by atoms with Crippen LogP contribution in [0.3, 0.4) is 0 Å². The predicted octanol–water partition coefficient (Wildman–Crippen LogP) is 2.66. The molecule has 1 amide bonds. The van der Waals surface area contributed by atoms with Gasteiger partial charge in [-0.3, -0.25) is 4.79 Å². The third kappa shape index (κ3) is 3.86. The number of nitrogens with one attached hydrogen (secondary N) is 3. The number of hydrogen-bond acceptors (Lipinski definition) is 9. The number of amides is 1. The maximum Gasteiger partial charge on any atom is 0.261 e. The van der Waals surface area contributed by atoms with Crippen LogP contribution < -0.4 is 16.0 Å². The van der Waals surface area contributed by atoms with Crippen molar-refractivity contribution in [2.45, 2.75) is 12.6 Å². The van der Waals surface area contributed by atoms with E-state index in [1.54, 1.807) is 24.4 Å². The van der Waals surface area contributed by atoms with Crippen molar-refractivity contribution >= 4 is 23.2 Å². The minimum atomic E-state index is -0.358. The molecule has 0 bridgehead atoms. The second-order valence-corrected chi connectivity index (χ2v) is 7.15. The molecule has 0 radical (unpaired) electrons. The highest BCUT2D eigenvalue weighted by Gasteiger charge is 2.21. The molecule has 0 fully saturated rings. The summed E-state index contributed by atoms with van der Waals surface area (Å²) in [5.74, 6) is 1.26. The molecule has 0 spiro atoms. The van der Waals surface area contributed by atoms with Crippen molar-refractivity contribution < 1.29 is 14.4 Å². The van der Waals surface area contributed by atoms with Crippen LogP contribution in [0.25, 0.3) is 11.5 Å². The normalized spacial score (nSPS) is 13.3. The third-order valence-electron chi connectivity index (χ3n) is 5.10. The van der Waals surface area contributed by atoms with Gasteiger partial charge in [-0.25, -0.2) is 9.97 Å². The summed E-state index contributed by atoms with van der Waals surface area (Å²) in [6.07, 6.45) is 2.92. The van der Waals surface area contributed by atoms with Gasteiger partial charge in [0.15, 0.2) is 6.33 Å². The van der Waals surface area contributed by atoms with Gasteiger partial charge in [-0.1, -0.05) is 35.5 Å². The molecule has 10 heteroatoms. The number of hydrogen-bond donors (Lipinski definition) is 4. The molecule has 1 atom stereocenters. The van der Waals surface area contributed by atoms with Gasteiger partial charge >= 0.3 is 0 Å². The van der Waals surface area contributed by atoms with Crippen LogP contribution in [0.5, 0.6) is 0 Å². The Hall–Kier alpha value is -4.31. The molecule has 3 aromatic heterocycles. The van der Waals surface area contributed by atoms with E-state index in [1.165, 1.54) is 6.33 Å². The number of aliphatic hydroxyl groups is 1. The minimum Gasteiger partial charge on any atom is -0.394 e. The second kappa shape index (κ2) is 8.44. The van der Waals surface area contributed by atoms with Crippen LogP contribution in [0.1, 0.15) is 27.7 Å². The number of fused-ring (bicyclic) bond motifs is 1. The first-order valence-corrected chi connectivity index (χ1v) is 9.96. The Morgan fingerprint density at radius 3 is 2.75 bits per heavy atom. The molecule has 32 heavy (non-hydrogen) atoms. The van der Waals surface area contributed by atoms with Gasteiger partial charge in [0.25, 0.3) is 11.8 Å². The number of pyridine rings is 2. The maximum atomic E-state index is 11.7. The Morgan fingerprint density at radius 1 is 1.09 bits per heavy atom. The third-order valence-corrected chi connectivity index (χ3v) is 5.10. The zero-order valence-corrected chi connectivity index (χ0v) is 16.8. The largest absolute Gasteiger partial charge is 0.394 e. The number of rotatable bonds is 7. The first-order chi connectivity index (χ1) is 15.7. The highest BCUT2D eigenvalue weighted by molar-refractivity contribution is 5.98. The fourth-order valence-electron chi connectivity index (χ4n) is 3.52. The summed E-state index contributed by atoms with van der Waals surface area (Å²) in [6.45, 7) is 0.279. The average Bonchev–Trinajstić information content (AvgIpc) is 3.48. The summed E-state index contributed by atoms with van der Waals surface area (Å²) in [5, 5.41) is 22.9. The van der Waals surface area contributed by atoms with Crippen LogP contribution in [0.15, 0.2) is 65.6 Å². The molecule has 4 N–H and O–H groups in total. The fraction of sp³-hybridized carbons (Fsp3) is 0.136. The van der Waals surface area contributed by atoms with Crippen LogP contribution in [0.4, 0.5) is 17.3 Å². The summed E-state index contributed by atoms with van der Waals surface area (Å²) >= 11 is 0. The molecule has 1 aromatic carbocycles. The first kappa shape index (κ1) is 19.6. The van der Waals surface area contributed by atoms with Gasteiger partial charge < -0.3 is 25.6 Å². The van der Waals surface area contributed by atoms with E-state index < -0.39 is 0 Å². The van der Waals surface area contributed by atoms with Crippen molar-refractivity contribution in [1.29, 1.82) is 0 Å². The molecule has 0 unspecified atom stereocenters. The van der Waals surface area contributed by atoms with E-state index in [0.717, 1.165) is 5.56 Å². The molecular formula is C22H19N7O3. The van der Waals surface area contributed by atoms with Gasteiger partial charge in [0, 0.05) is 12.3 Å². The van der Waals surface area contributed by atoms with Crippen LogP contribution in [0.2, 0.25) is 0 Å². The quantitative estimate of drug-likeness (QED) is 0.349. The fourth-order valence-corrected chi connectivity index (χ4v) is 3.52. The van der Waals surface area contributed by atoms with E-state index in [2.05, 4.69) is 36.1 Å². The van der Waals surface area contributed by atoms with Crippen molar-refractivity contribution in [1.82, 2.24) is 25.4 Å². The summed E-state index contributed by atoms with van der Waals surface area (Å²) in [6, 6.07) is 14.5. The Bertz CT molecular complexity index is 1250. The monoisotopic (exact) mass is 429 g/mol. The lowest BCUT2D eigenvalue weighted by molar-refractivity contribution is 0.0965. The molecule has 1 aliphatic heterocycles. The lowest BCUT2D eigenvalue weighted by Crippen LogP contribution is -2.15. The molecule has 160 valence electrons. The number of anilines is 3. The van der Waals surface area contributed by atoms with Gasteiger partial charge in [-0.05, 0) is 17.7 Å². The van der Waals surface area contributed by atoms with Crippen molar-refractivity contribution in [2.24, 2.45) is 0 Å². The molecule has 0 aliphatic carbocycles. The number of aromatic nitrogens is 4. The van der Waals surface area contributed by atoms with Gasteiger partial charge in [0.2, 0.25) is 0 Å². The second-order valence-electron chi connectivity index (χ2n) is 7.15. The summed E-state index contributed by atoms with van der Waals surface area (Å²) in [4.78, 5) is 24.8. The summed E-state index contributed by atoms with van der Waals surface area (Å²) < 4.78 is 5.22. The molecule has 0 saturated carbocycles. The molecule has 10 nitrogen and oxygen atoms in total. The lowest BCUT2D eigenvalue weighted by Gasteiger charge is -2.20. The minimum absolute atomic E-state index is 0.119. The van der Waals surface area contributed by atoms with Crippen LogP contribution in [-0.2, 0) is 6.54 Å². The molecular weight excluding hydrogens is 410 g/mol. The Kier molecular flexibility index (Phi) is 5.18. The number of carbonyl (C=O) groups is 1. The van der Waals surface area contributed by atoms with E-state index in [-0.39, 0.29) is 18.6 Å². The molecule has 4 aromatic rings. The average molecular weight is 429 g/mol. The predicted molar refractivity (Wildman–Crippen MR) is 116 cm³/mol. The molecule has 5 rings (SSSR count). The molecule has 4 heterocycles. The van der Waals surface area contributed by atoms with E-state index in [0.29, 0.717) is 46.6 Å². The summed E-state index contributed by atoms with van der Waals surface area (Å²) in [5.41, 5.74) is 3.43. The van der Waals surface area contributed by atoms with Crippen LogP contribution in [-0.4, -0.2) is 37.7 Å². The van der Waals surface area contributed by atoms with E-state index in [9.17, 15) is 9.90 Å². The Labute approximate surface area is 182 Å². The number of benzene rings is 1. The highest BCUT2D eigenvalue weighted by Crippen LogP contribution is 2.31. The van der Waals surface area contributed by atoms with E-state index >= 15 is 0 Å². The zero-order chi connectivity index (χ0) is 21.9. The van der Waals surface area contributed by atoms with Crippen molar-refractivity contribution in [3.8, 4) is 11.5 Å². The van der Waals surface area contributed by atoms with Crippen LogP contribution >= 0.6 is 0 Å². The van der Waals surface area contributed by atoms with E-state index in [4.69, 9.17) is 4.52 Å². The SMILES string of the molecule is O=C1NCc2nc(Nc3cc(N[C@H](CO)c4ccccc4)c(-c4ncno4)cn3)ccc21. The van der Waals surface area contributed by atoms with Crippen LogP contribution in [0, 0.1) is 0 Å². The summed E-state index contributed by atoms with van der Waals surface area (Å²) in [7, 11) is 0. The van der Waals surface area contributed by atoms with Crippen molar-refractivity contribution in [3.05, 3.63) is 77.9 Å². The van der Waals surface area contributed by atoms with Gasteiger partial charge in [0.1, 0.15) is 11.6 Å². The maximum absolute atomic E-state index is 11.7. The molecule has 1 aliphatic rings. The van der Waals surface area contributed by atoms with Gasteiger partial charge in [0.05, 0.1) is 41.7 Å². The van der Waals surface area contributed by atoms with Crippen molar-refractivity contribution in [3.63, 3.8) is 0 Å². The first-order valence-electron chi connectivity index (χ1n) is 9.96. The van der Waals surface area contributed by atoms with E-state index in [1.807, 2.05) is 30.3 Å². The number of nitrogens with zero attached hydrogens (tertiary/aromatic N) is 4. The lowest BCUT2D eigenvalue weighted by atomic mass is 10.1. The standard InChI is InChI=1S/C22H19N7O3/c30-11-18(13-4-2-1-3-5-13)27-16-8-20(23-9-15(16)22-25-12-26-32-22)29-19-7-6-14-17(28-19)10-24-21(14)31/h1-9,12,18,30H,10-11H2,(H,24,31)(H2,23,27,28,29)/t18-/m1/s1. The zero-order valence-electron chi connectivity index (χ0n) is 16.8. The van der Waals surface area contributed by atoms with Crippen molar-refractivity contribution in [2.75, 3.05) is 17.2 Å². The Balaban J connectivity index is 1.47. The van der Waals surface area contributed by atoms with Gasteiger partial charge in [-0.15, -0.1) is 0 Å². The highest BCUT2D eigenvalue weighted by atomic mass is 16.5. The van der Waals surface area contributed by atoms with Gasteiger partial charge in [-0.2, -0.15) is 4.98 Å². The smallest absolute Gasteiger partial charge is 0.261 e. The number of carbonyl (C=O) groups excluding carboxylic acids is 1. The topological polar surface area (TPSA) is 138 Å². The molecule has 0 saturated heterocycles.